The minimum atomic E-state index is 0.111. The molecule has 0 saturated heterocycles. The summed E-state index contributed by atoms with van der Waals surface area (Å²) in [4.78, 5) is 10.5. The van der Waals surface area contributed by atoms with E-state index in [4.69, 9.17) is 4.74 Å². The van der Waals surface area contributed by atoms with Gasteiger partial charge in [0.25, 0.3) is 6.47 Å². The summed E-state index contributed by atoms with van der Waals surface area (Å²) in [6.45, 7) is 2.70. The molecule has 0 heterocycles. The van der Waals surface area contributed by atoms with Crippen molar-refractivity contribution in [2.24, 2.45) is 0 Å². The maximum absolute atomic E-state index is 10.5. The molecule has 1 saturated carbocycles. The lowest BCUT2D eigenvalue weighted by molar-refractivity contribution is -0.135. The van der Waals surface area contributed by atoms with Gasteiger partial charge in [0.1, 0.15) is 6.10 Å². The maximum Gasteiger partial charge on any atom is 0.293 e. The first-order valence-corrected chi connectivity index (χ1v) is 10.1. The largest absolute Gasteiger partial charge is 0.465 e. The number of ether oxygens (including phenoxy) is 1. The van der Waals surface area contributed by atoms with E-state index in [0.717, 1.165) is 25.7 Å². The summed E-state index contributed by atoms with van der Waals surface area (Å²) in [6, 6.07) is 26.4. The van der Waals surface area contributed by atoms with E-state index in [1.807, 2.05) is 0 Å². The van der Waals surface area contributed by atoms with Crippen molar-refractivity contribution in [1.29, 1.82) is 0 Å². The molecule has 3 aromatic carbocycles. The zero-order chi connectivity index (χ0) is 19.3. The number of rotatable bonds is 5. The third-order valence-corrected chi connectivity index (χ3v) is 5.91. The van der Waals surface area contributed by atoms with Crippen LogP contribution in [0.1, 0.15) is 42.7 Å². The van der Waals surface area contributed by atoms with Crippen LogP contribution in [-0.2, 0) is 9.53 Å². The van der Waals surface area contributed by atoms with Crippen LogP contribution in [0.25, 0.3) is 22.3 Å². The van der Waals surface area contributed by atoms with Gasteiger partial charge in [-0.15, -0.1) is 0 Å². The van der Waals surface area contributed by atoms with Gasteiger partial charge in [0.05, 0.1) is 0 Å². The molecule has 0 spiro atoms. The van der Waals surface area contributed by atoms with Crippen LogP contribution in [0.15, 0.2) is 72.8 Å². The number of carbonyl (C=O) groups excluding carboxylic acids is 1. The quantitative estimate of drug-likeness (QED) is 0.477. The molecular weight excluding hydrogens is 344 g/mol. The smallest absolute Gasteiger partial charge is 0.293 e. The highest BCUT2D eigenvalue weighted by atomic mass is 16.5. The molecule has 4 rings (SSSR count). The first-order valence-electron chi connectivity index (χ1n) is 10.1. The Morgan fingerprint density at radius 2 is 1.11 bits per heavy atom. The molecule has 0 radical (unpaired) electrons. The first kappa shape index (κ1) is 18.5. The molecule has 0 aliphatic heterocycles. The van der Waals surface area contributed by atoms with Gasteiger partial charge in [0.15, 0.2) is 0 Å². The topological polar surface area (TPSA) is 26.3 Å². The second kappa shape index (κ2) is 8.43. The van der Waals surface area contributed by atoms with Crippen molar-refractivity contribution in [1.82, 2.24) is 0 Å². The molecule has 0 unspecified atom stereocenters. The summed E-state index contributed by atoms with van der Waals surface area (Å²) in [7, 11) is 0. The summed E-state index contributed by atoms with van der Waals surface area (Å²) < 4.78 is 5.11. The van der Waals surface area contributed by atoms with Gasteiger partial charge in [-0.2, -0.15) is 0 Å². The molecule has 0 N–H and O–H groups in total. The number of hydrogen-bond donors (Lipinski definition) is 0. The lowest BCUT2D eigenvalue weighted by atomic mass is 9.82. The summed E-state index contributed by atoms with van der Waals surface area (Å²) in [5.41, 5.74) is 7.66. The first-order chi connectivity index (χ1) is 13.7. The molecule has 1 aliphatic rings. The Morgan fingerprint density at radius 1 is 0.679 bits per heavy atom. The highest BCUT2D eigenvalue weighted by Gasteiger charge is 2.23. The van der Waals surface area contributed by atoms with E-state index >= 15 is 0 Å². The second-order valence-electron chi connectivity index (χ2n) is 7.77. The Bertz CT molecular complexity index is 900. The molecule has 1 fully saturated rings. The van der Waals surface area contributed by atoms with Crippen LogP contribution in [0.5, 0.6) is 0 Å². The summed E-state index contributed by atoms with van der Waals surface area (Å²) in [6.07, 6.45) is 4.21. The van der Waals surface area contributed by atoms with Crippen molar-refractivity contribution >= 4 is 6.47 Å². The molecule has 2 nitrogen and oxygen atoms in total. The molecule has 0 amide bonds. The fraction of sp³-hybridized carbons (Fsp3) is 0.269. The van der Waals surface area contributed by atoms with Crippen LogP contribution >= 0.6 is 0 Å². The van der Waals surface area contributed by atoms with Crippen molar-refractivity contribution in [3.8, 4) is 22.3 Å². The summed E-state index contributed by atoms with van der Waals surface area (Å²) >= 11 is 0. The molecule has 28 heavy (non-hydrogen) atoms. The van der Waals surface area contributed by atoms with E-state index in [9.17, 15) is 4.79 Å². The number of hydrogen-bond acceptors (Lipinski definition) is 2. The fourth-order valence-electron chi connectivity index (χ4n) is 4.16. The van der Waals surface area contributed by atoms with E-state index in [1.54, 1.807) is 0 Å². The van der Waals surface area contributed by atoms with Crippen LogP contribution < -0.4 is 0 Å². The molecule has 3 aromatic rings. The van der Waals surface area contributed by atoms with Gasteiger partial charge < -0.3 is 4.74 Å². The SMILES string of the molecule is Cc1ccc(-c2ccc(-c3ccc(C4CCC(OC=O)CC4)cc3)cc2)cc1. The Kier molecular flexibility index (Phi) is 5.57. The van der Waals surface area contributed by atoms with E-state index in [1.165, 1.54) is 33.4 Å². The van der Waals surface area contributed by atoms with Gasteiger partial charge in [0, 0.05) is 0 Å². The van der Waals surface area contributed by atoms with E-state index in [0.29, 0.717) is 12.4 Å². The van der Waals surface area contributed by atoms with Crippen LogP contribution in [0.4, 0.5) is 0 Å². The Hall–Kier alpha value is -2.87. The molecule has 0 aromatic heterocycles. The third-order valence-electron chi connectivity index (χ3n) is 5.91. The average molecular weight is 370 g/mol. The van der Waals surface area contributed by atoms with Gasteiger partial charge >= 0.3 is 0 Å². The van der Waals surface area contributed by atoms with Crippen LogP contribution in [0.2, 0.25) is 0 Å². The van der Waals surface area contributed by atoms with Crippen LogP contribution in [-0.4, -0.2) is 12.6 Å². The van der Waals surface area contributed by atoms with E-state index in [-0.39, 0.29) is 6.10 Å². The molecule has 0 bridgehead atoms. The fourth-order valence-corrected chi connectivity index (χ4v) is 4.16. The van der Waals surface area contributed by atoms with Gasteiger partial charge in [0.2, 0.25) is 0 Å². The van der Waals surface area contributed by atoms with E-state index < -0.39 is 0 Å². The highest BCUT2D eigenvalue weighted by molar-refractivity contribution is 5.70. The average Bonchev–Trinajstić information content (AvgIpc) is 2.75. The van der Waals surface area contributed by atoms with Crippen molar-refractivity contribution in [2.45, 2.75) is 44.6 Å². The summed E-state index contributed by atoms with van der Waals surface area (Å²) in [5.74, 6) is 0.574. The van der Waals surface area contributed by atoms with Crippen LogP contribution in [0.3, 0.4) is 0 Å². The third kappa shape index (κ3) is 4.17. The Labute approximate surface area is 167 Å². The number of aryl methyl sites for hydroxylation is 1. The Morgan fingerprint density at radius 3 is 1.57 bits per heavy atom. The normalized spacial score (nSPS) is 19.2. The standard InChI is InChI=1S/C26H26O2/c1-19-2-4-20(5-3-19)21-6-8-22(9-7-21)23-10-12-24(13-11-23)25-14-16-26(17-15-25)28-18-27/h2-13,18,25-26H,14-17H2,1H3. The van der Waals surface area contributed by atoms with Crippen molar-refractivity contribution in [2.75, 3.05) is 0 Å². The maximum atomic E-state index is 10.5. The lowest BCUT2D eigenvalue weighted by Crippen LogP contribution is -2.20. The highest BCUT2D eigenvalue weighted by Crippen LogP contribution is 2.35. The monoisotopic (exact) mass is 370 g/mol. The molecule has 2 heteroatoms. The minimum absolute atomic E-state index is 0.111. The van der Waals surface area contributed by atoms with E-state index in [2.05, 4.69) is 79.7 Å². The predicted octanol–water partition coefficient (Wildman–Crippen LogP) is 6.53. The predicted molar refractivity (Wildman–Crippen MR) is 114 cm³/mol. The minimum Gasteiger partial charge on any atom is -0.465 e. The molecule has 142 valence electrons. The zero-order valence-corrected chi connectivity index (χ0v) is 16.3. The number of carbonyl (C=O) groups is 1. The van der Waals surface area contributed by atoms with Crippen molar-refractivity contribution < 1.29 is 9.53 Å². The van der Waals surface area contributed by atoms with Gasteiger partial charge in [-0.1, -0.05) is 78.4 Å². The molecule has 1 aliphatic carbocycles. The van der Waals surface area contributed by atoms with Crippen LogP contribution in [0, 0.1) is 6.92 Å². The molecule has 0 atom stereocenters. The van der Waals surface area contributed by atoms with Gasteiger partial charge in [-0.3, -0.25) is 4.79 Å². The second-order valence-corrected chi connectivity index (χ2v) is 7.77. The molecular formula is C26H26O2. The van der Waals surface area contributed by atoms with Crippen molar-refractivity contribution in [3.05, 3.63) is 83.9 Å². The van der Waals surface area contributed by atoms with Crippen molar-refractivity contribution in [3.63, 3.8) is 0 Å². The summed E-state index contributed by atoms with van der Waals surface area (Å²) in [5, 5.41) is 0. The van der Waals surface area contributed by atoms with Gasteiger partial charge in [-0.05, 0) is 66.3 Å². The lowest BCUT2D eigenvalue weighted by Gasteiger charge is -2.27. The Balaban J connectivity index is 1.44. The zero-order valence-electron chi connectivity index (χ0n) is 16.3. The van der Waals surface area contributed by atoms with Gasteiger partial charge in [-0.25, -0.2) is 0 Å². The number of benzene rings is 3.